The number of carbonyl (C=O) groups is 1. The van der Waals surface area contributed by atoms with Gasteiger partial charge in [-0.15, -0.1) is 0 Å². The zero-order valence-electron chi connectivity index (χ0n) is 18.2. The summed E-state index contributed by atoms with van der Waals surface area (Å²) in [5.41, 5.74) is 6.79. The first kappa shape index (κ1) is 22.4. The minimum absolute atomic E-state index is 0.0410. The van der Waals surface area contributed by atoms with Crippen LogP contribution in [0.15, 0.2) is 36.5 Å². The second-order valence-corrected chi connectivity index (χ2v) is 7.65. The van der Waals surface area contributed by atoms with E-state index >= 15 is 0 Å². The number of nitrogens with two attached hydrogens (primary N) is 1. The van der Waals surface area contributed by atoms with Crippen molar-refractivity contribution in [3.63, 3.8) is 0 Å². The molecule has 0 radical (unpaired) electrons. The van der Waals surface area contributed by atoms with Crippen molar-refractivity contribution in [3.05, 3.63) is 59.6 Å². The molecule has 0 saturated carbocycles. The number of methoxy groups -OCH3 is 1. The Morgan fingerprint density at radius 3 is 2.58 bits per heavy atom. The number of pyridine rings is 1. The van der Waals surface area contributed by atoms with Crippen LogP contribution >= 0.6 is 0 Å². The summed E-state index contributed by atoms with van der Waals surface area (Å²) in [6.45, 7) is 3.01. The van der Waals surface area contributed by atoms with Gasteiger partial charge in [-0.1, -0.05) is 0 Å². The fraction of sp³-hybridized carbons (Fsp3) is 0.304. The number of amides is 1. The molecule has 1 aliphatic heterocycles. The Labute approximate surface area is 189 Å². The quantitative estimate of drug-likeness (QED) is 0.608. The summed E-state index contributed by atoms with van der Waals surface area (Å²) in [6.07, 6.45) is 2.72. The summed E-state index contributed by atoms with van der Waals surface area (Å²) in [5.74, 6) is -0.539. The molecule has 1 aromatic carbocycles. The monoisotopic (exact) mass is 455 g/mol. The number of rotatable bonds is 6. The molecule has 1 fully saturated rings. The topological polar surface area (TPSA) is 103 Å². The predicted octanol–water partition coefficient (Wildman–Crippen LogP) is 3.28. The zero-order valence-corrected chi connectivity index (χ0v) is 18.2. The van der Waals surface area contributed by atoms with Crippen molar-refractivity contribution < 1.29 is 23.0 Å². The average molecular weight is 455 g/mol. The Bertz CT molecular complexity index is 1180. The van der Waals surface area contributed by atoms with E-state index in [1.54, 1.807) is 25.3 Å². The van der Waals surface area contributed by atoms with E-state index < -0.39 is 17.5 Å². The number of hydrogen-bond donors (Lipinski definition) is 1. The van der Waals surface area contributed by atoms with Crippen molar-refractivity contribution in [3.8, 4) is 22.9 Å². The maximum Gasteiger partial charge on any atom is 0.254 e. The number of nitrogens with zero attached hydrogens (tertiary/aromatic N) is 4. The minimum atomic E-state index is -0.717. The number of hydrogen-bond acceptors (Lipinski definition) is 7. The molecule has 0 unspecified atom stereocenters. The van der Waals surface area contributed by atoms with Crippen molar-refractivity contribution >= 4 is 11.7 Å². The molecular formula is C23H23F2N5O3. The molecule has 0 aliphatic carbocycles. The molecule has 0 bridgehead atoms. The van der Waals surface area contributed by atoms with Crippen LogP contribution in [0.3, 0.4) is 0 Å². The number of benzene rings is 1. The molecule has 1 amide bonds. The van der Waals surface area contributed by atoms with Crippen molar-refractivity contribution in [2.45, 2.75) is 25.9 Å². The van der Waals surface area contributed by atoms with Crippen molar-refractivity contribution in [1.29, 1.82) is 0 Å². The molecule has 172 valence electrons. The van der Waals surface area contributed by atoms with E-state index in [-0.39, 0.29) is 23.3 Å². The van der Waals surface area contributed by atoms with Gasteiger partial charge in [-0.25, -0.2) is 23.7 Å². The Morgan fingerprint density at radius 1 is 1.15 bits per heavy atom. The van der Waals surface area contributed by atoms with E-state index in [0.29, 0.717) is 48.8 Å². The maximum atomic E-state index is 13.9. The molecular weight excluding hydrogens is 432 g/mol. The first-order valence-electron chi connectivity index (χ1n) is 10.4. The molecule has 33 heavy (non-hydrogen) atoms. The van der Waals surface area contributed by atoms with Gasteiger partial charge < -0.3 is 20.1 Å². The van der Waals surface area contributed by atoms with Crippen molar-refractivity contribution in [1.82, 2.24) is 15.0 Å². The third-order valence-corrected chi connectivity index (χ3v) is 5.41. The molecule has 3 aromatic rings. The molecule has 1 aliphatic rings. The summed E-state index contributed by atoms with van der Waals surface area (Å²) in [5, 5.41) is 0. The van der Waals surface area contributed by atoms with Crippen LogP contribution < -0.4 is 20.1 Å². The lowest BCUT2D eigenvalue weighted by Gasteiger charge is -2.34. The third kappa shape index (κ3) is 4.84. The minimum Gasteiger partial charge on any atom is -0.487 e. The largest absolute Gasteiger partial charge is 0.487 e. The van der Waals surface area contributed by atoms with E-state index in [1.807, 2.05) is 0 Å². The van der Waals surface area contributed by atoms with E-state index in [4.69, 9.17) is 15.2 Å². The smallest absolute Gasteiger partial charge is 0.254 e. The lowest BCUT2D eigenvalue weighted by atomic mass is 10.1. The van der Waals surface area contributed by atoms with Gasteiger partial charge in [0.05, 0.1) is 18.4 Å². The molecule has 2 N–H and O–H groups in total. The fourth-order valence-electron chi connectivity index (χ4n) is 3.75. The number of carbonyl (C=O) groups excluding carboxylic acids is 1. The van der Waals surface area contributed by atoms with Crippen LogP contribution in [0.2, 0.25) is 0 Å². The summed E-state index contributed by atoms with van der Waals surface area (Å²) >= 11 is 0. The van der Waals surface area contributed by atoms with E-state index in [1.165, 1.54) is 19.2 Å². The number of ether oxygens (including phenoxy) is 2. The average Bonchev–Trinajstić information content (AvgIpc) is 2.81. The lowest BCUT2D eigenvalue weighted by molar-refractivity contribution is 0.0996. The molecule has 0 atom stereocenters. The maximum absolute atomic E-state index is 13.9. The molecule has 1 saturated heterocycles. The number of halogens is 2. The van der Waals surface area contributed by atoms with Gasteiger partial charge in [0, 0.05) is 38.2 Å². The molecule has 3 heterocycles. The highest BCUT2D eigenvalue weighted by molar-refractivity contribution is 5.95. The van der Waals surface area contributed by atoms with Gasteiger partial charge >= 0.3 is 0 Å². The van der Waals surface area contributed by atoms with Crippen LogP contribution in [-0.4, -0.2) is 47.2 Å². The van der Waals surface area contributed by atoms with Gasteiger partial charge in [0.1, 0.15) is 29.1 Å². The summed E-state index contributed by atoms with van der Waals surface area (Å²) in [6, 6.07) is 6.52. The van der Waals surface area contributed by atoms with Gasteiger partial charge in [-0.05, 0) is 31.2 Å². The van der Waals surface area contributed by atoms with Crippen LogP contribution in [0.5, 0.6) is 11.6 Å². The number of aromatic nitrogens is 3. The first-order valence-corrected chi connectivity index (χ1v) is 10.4. The predicted molar refractivity (Wildman–Crippen MR) is 117 cm³/mol. The number of aryl methyl sites for hydroxylation is 1. The van der Waals surface area contributed by atoms with Gasteiger partial charge in [-0.2, -0.15) is 0 Å². The summed E-state index contributed by atoms with van der Waals surface area (Å²) < 4.78 is 38.1. The van der Waals surface area contributed by atoms with E-state index in [2.05, 4.69) is 19.9 Å². The van der Waals surface area contributed by atoms with Gasteiger partial charge in [0.2, 0.25) is 5.88 Å². The van der Waals surface area contributed by atoms with Crippen molar-refractivity contribution in [2.24, 2.45) is 5.73 Å². The lowest BCUT2D eigenvalue weighted by Crippen LogP contribution is -2.39. The Hall–Kier alpha value is -3.82. The highest BCUT2D eigenvalue weighted by Crippen LogP contribution is 2.32. The van der Waals surface area contributed by atoms with Crippen molar-refractivity contribution in [2.75, 3.05) is 25.1 Å². The van der Waals surface area contributed by atoms with Crippen LogP contribution in [0.1, 0.15) is 29.0 Å². The molecule has 8 nitrogen and oxygen atoms in total. The number of piperidine rings is 1. The first-order chi connectivity index (χ1) is 15.9. The highest BCUT2D eigenvalue weighted by atomic mass is 19.1. The van der Waals surface area contributed by atoms with Gasteiger partial charge in [-0.3, -0.25) is 4.79 Å². The number of anilines is 1. The van der Waals surface area contributed by atoms with E-state index in [9.17, 15) is 13.6 Å². The van der Waals surface area contributed by atoms with Gasteiger partial charge in [0.25, 0.3) is 5.91 Å². The second kappa shape index (κ2) is 9.35. The molecule has 4 rings (SSSR count). The van der Waals surface area contributed by atoms with Crippen LogP contribution in [0.4, 0.5) is 14.6 Å². The van der Waals surface area contributed by atoms with Crippen LogP contribution in [0.25, 0.3) is 11.3 Å². The molecule has 0 spiro atoms. The van der Waals surface area contributed by atoms with Gasteiger partial charge in [0.15, 0.2) is 11.6 Å². The second-order valence-electron chi connectivity index (χ2n) is 7.65. The highest BCUT2D eigenvalue weighted by Gasteiger charge is 2.25. The molecule has 10 heteroatoms. The van der Waals surface area contributed by atoms with Crippen LogP contribution in [0, 0.1) is 18.6 Å². The summed E-state index contributed by atoms with van der Waals surface area (Å²) in [7, 11) is 1.42. The molecule has 2 aromatic heterocycles. The fourth-order valence-corrected chi connectivity index (χ4v) is 3.75. The SMILES string of the molecule is COc1nc(-c2cnc(C)nc2N2CCC(Oc3ccc(F)cc3F)CC2)ccc1C(N)=O. The zero-order chi connectivity index (χ0) is 23.5. The van der Waals surface area contributed by atoms with E-state index in [0.717, 1.165) is 6.07 Å². The summed E-state index contributed by atoms with van der Waals surface area (Å²) in [4.78, 5) is 27.0. The number of primary amides is 1. The standard InChI is InChI=1S/C23H23F2N5O3/c1-13-27-12-17(19-5-4-16(21(26)31)23(29-19)32-2)22(28-13)30-9-7-15(8-10-30)33-20-6-3-14(24)11-18(20)25/h3-6,11-12,15H,7-10H2,1-2H3,(H2,26,31). The Morgan fingerprint density at radius 2 is 1.91 bits per heavy atom. The normalized spacial score (nSPS) is 14.2. The third-order valence-electron chi connectivity index (χ3n) is 5.41. The Balaban J connectivity index is 1.55. The van der Waals surface area contributed by atoms with Crippen LogP contribution in [-0.2, 0) is 0 Å². The Kier molecular flexibility index (Phi) is 6.34.